The summed E-state index contributed by atoms with van der Waals surface area (Å²) in [4.78, 5) is 0. The van der Waals surface area contributed by atoms with Crippen molar-refractivity contribution < 1.29 is 14.0 Å². The van der Waals surface area contributed by atoms with Crippen LogP contribution in [-0.4, -0.2) is 32.3 Å². The average Bonchev–Trinajstić information content (AvgIpc) is 2.60. The normalized spacial score (nSPS) is 22.6. The van der Waals surface area contributed by atoms with Gasteiger partial charge in [-0.05, 0) is 17.7 Å². The van der Waals surface area contributed by atoms with Crippen LogP contribution in [0.25, 0.3) is 0 Å². The molecule has 0 aromatic heterocycles. The molecule has 0 spiro atoms. The molecule has 3 nitrogen and oxygen atoms in total. The predicted octanol–water partition coefficient (Wildman–Crippen LogP) is 4.60. The Kier molecular flexibility index (Phi) is 5.05. The lowest BCUT2D eigenvalue weighted by molar-refractivity contribution is -0.957. The van der Waals surface area contributed by atoms with E-state index in [1.807, 2.05) is 0 Å². The second kappa shape index (κ2) is 7.09. The maximum absolute atomic E-state index is 5.58. The fourth-order valence-electron chi connectivity index (χ4n) is 4.54. The number of quaternary nitrogens is 1. The summed E-state index contributed by atoms with van der Waals surface area (Å²) in [5.74, 6) is 2.22. The number of benzene rings is 2. The highest BCUT2D eigenvalue weighted by Gasteiger charge is 2.41. The molecule has 0 fully saturated rings. The summed E-state index contributed by atoms with van der Waals surface area (Å²) in [6, 6.07) is 15.7. The zero-order valence-corrected chi connectivity index (χ0v) is 16.1. The molecule has 134 valence electrons. The standard InChI is InChI=1S/C22H30NO2/c1-16(2)22-19-14-21(25-5)20(24-4)13-18(19)11-12-23(22,3)15-17-9-7-6-8-10-17/h6-10,13-14,16,22H,11-12,15H2,1-5H3/q+1. The second-order valence-electron chi connectivity index (χ2n) is 7.69. The summed E-state index contributed by atoms with van der Waals surface area (Å²) in [6.45, 7) is 6.85. The molecule has 3 heteroatoms. The Morgan fingerprint density at radius 2 is 1.68 bits per heavy atom. The average molecular weight is 340 g/mol. The smallest absolute Gasteiger partial charge is 0.161 e. The highest BCUT2D eigenvalue weighted by Crippen LogP contribution is 2.44. The Balaban J connectivity index is 2.04. The maximum Gasteiger partial charge on any atom is 0.161 e. The molecule has 2 atom stereocenters. The number of fused-ring (bicyclic) bond motifs is 1. The van der Waals surface area contributed by atoms with E-state index in [1.54, 1.807) is 14.2 Å². The van der Waals surface area contributed by atoms with Crippen LogP contribution in [0.3, 0.4) is 0 Å². The van der Waals surface area contributed by atoms with Gasteiger partial charge in [-0.2, -0.15) is 0 Å². The molecule has 1 aliphatic rings. The van der Waals surface area contributed by atoms with Crippen LogP contribution >= 0.6 is 0 Å². The Bertz CT molecular complexity index is 726. The minimum atomic E-state index is 0.448. The fraction of sp³-hybridized carbons (Fsp3) is 0.455. The van der Waals surface area contributed by atoms with Crippen molar-refractivity contribution >= 4 is 0 Å². The number of likely N-dealkylation sites (N-methyl/N-ethyl adjacent to an activating group) is 1. The quantitative estimate of drug-likeness (QED) is 0.740. The molecule has 0 bridgehead atoms. The molecule has 25 heavy (non-hydrogen) atoms. The molecule has 0 amide bonds. The van der Waals surface area contributed by atoms with Crippen molar-refractivity contribution in [1.82, 2.24) is 0 Å². The predicted molar refractivity (Wildman–Crippen MR) is 102 cm³/mol. The van der Waals surface area contributed by atoms with Crippen molar-refractivity contribution in [2.24, 2.45) is 5.92 Å². The lowest BCUT2D eigenvalue weighted by Gasteiger charge is -2.47. The Morgan fingerprint density at radius 3 is 2.28 bits per heavy atom. The molecule has 2 aromatic carbocycles. The molecule has 0 saturated carbocycles. The van der Waals surface area contributed by atoms with E-state index in [4.69, 9.17) is 9.47 Å². The zero-order chi connectivity index (χ0) is 18.0. The van der Waals surface area contributed by atoms with E-state index in [9.17, 15) is 0 Å². The van der Waals surface area contributed by atoms with Crippen molar-refractivity contribution in [3.05, 3.63) is 59.2 Å². The van der Waals surface area contributed by atoms with Crippen LogP contribution in [0.2, 0.25) is 0 Å². The largest absolute Gasteiger partial charge is 0.493 e. The van der Waals surface area contributed by atoms with Crippen LogP contribution in [0.15, 0.2) is 42.5 Å². The van der Waals surface area contributed by atoms with Crippen molar-refractivity contribution in [2.75, 3.05) is 27.8 Å². The third-order valence-corrected chi connectivity index (χ3v) is 5.55. The third-order valence-electron chi connectivity index (χ3n) is 5.55. The summed E-state index contributed by atoms with van der Waals surface area (Å²) in [6.07, 6.45) is 1.07. The minimum absolute atomic E-state index is 0.448. The van der Waals surface area contributed by atoms with Gasteiger partial charge in [-0.1, -0.05) is 44.2 Å². The number of hydrogen-bond donors (Lipinski definition) is 0. The zero-order valence-electron chi connectivity index (χ0n) is 16.1. The minimum Gasteiger partial charge on any atom is -0.493 e. The second-order valence-corrected chi connectivity index (χ2v) is 7.69. The number of ether oxygens (including phenoxy) is 2. The number of hydrogen-bond acceptors (Lipinski definition) is 2. The third kappa shape index (κ3) is 3.38. The van der Waals surface area contributed by atoms with Gasteiger partial charge in [-0.25, -0.2) is 0 Å². The van der Waals surface area contributed by atoms with Crippen LogP contribution in [-0.2, 0) is 13.0 Å². The first-order chi connectivity index (χ1) is 12.0. The number of rotatable bonds is 5. The molecule has 0 radical (unpaired) electrons. The highest BCUT2D eigenvalue weighted by atomic mass is 16.5. The topological polar surface area (TPSA) is 18.5 Å². The number of nitrogens with zero attached hydrogens (tertiary/aromatic N) is 1. The molecule has 0 saturated heterocycles. The molecular weight excluding hydrogens is 310 g/mol. The molecule has 0 aliphatic carbocycles. The number of methoxy groups -OCH3 is 2. The fourth-order valence-corrected chi connectivity index (χ4v) is 4.54. The molecular formula is C22H30NO2+. The maximum atomic E-state index is 5.58. The first-order valence-corrected chi connectivity index (χ1v) is 9.11. The van der Waals surface area contributed by atoms with E-state index in [2.05, 4.69) is 63.4 Å². The van der Waals surface area contributed by atoms with E-state index in [0.29, 0.717) is 12.0 Å². The van der Waals surface area contributed by atoms with E-state index in [-0.39, 0.29) is 0 Å². The first-order valence-electron chi connectivity index (χ1n) is 9.11. The first kappa shape index (κ1) is 17.8. The van der Waals surface area contributed by atoms with Crippen molar-refractivity contribution in [3.63, 3.8) is 0 Å². The summed E-state index contributed by atoms with van der Waals surface area (Å²) >= 11 is 0. The highest BCUT2D eigenvalue weighted by molar-refractivity contribution is 5.49. The molecule has 3 rings (SSSR count). The van der Waals surface area contributed by atoms with Crippen molar-refractivity contribution in [2.45, 2.75) is 32.9 Å². The molecule has 2 unspecified atom stereocenters. The molecule has 0 N–H and O–H groups in total. The summed E-state index contributed by atoms with van der Waals surface area (Å²) in [5, 5.41) is 0. The van der Waals surface area contributed by atoms with Gasteiger partial charge in [0.15, 0.2) is 11.5 Å². The van der Waals surface area contributed by atoms with Crippen LogP contribution < -0.4 is 9.47 Å². The van der Waals surface area contributed by atoms with Crippen molar-refractivity contribution in [3.8, 4) is 11.5 Å². The lowest BCUT2D eigenvalue weighted by atomic mass is 9.83. The van der Waals surface area contributed by atoms with E-state index < -0.39 is 0 Å². The Hall–Kier alpha value is -2.00. The van der Waals surface area contributed by atoms with Crippen LogP contribution in [0.4, 0.5) is 0 Å². The molecule has 1 aliphatic heterocycles. The SMILES string of the molecule is COc1cc2c(cc1OC)C(C(C)C)[N+](C)(Cc1ccccc1)CC2. The van der Waals surface area contributed by atoms with Gasteiger partial charge in [0, 0.05) is 23.5 Å². The lowest BCUT2D eigenvalue weighted by Crippen LogP contribution is -2.52. The Labute approximate surface area is 151 Å². The molecule has 2 aromatic rings. The van der Waals surface area contributed by atoms with E-state index >= 15 is 0 Å². The van der Waals surface area contributed by atoms with Gasteiger partial charge in [0.25, 0.3) is 0 Å². The summed E-state index contributed by atoms with van der Waals surface area (Å²) in [7, 11) is 5.83. The summed E-state index contributed by atoms with van der Waals surface area (Å²) in [5.41, 5.74) is 4.22. The van der Waals surface area contributed by atoms with Crippen molar-refractivity contribution in [1.29, 1.82) is 0 Å². The van der Waals surface area contributed by atoms with E-state index in [0.717, 1.165) is 35.5 Å². The molecule has 1 heterocycles. The summed E-state index contributed by atoms with van der Waals surface area (Å²) < 4.78 is 12.1. The van der Waals surface area contributed by atoms with Gasteiger partial charge in [0.2, 0.25) is 0 Å². The Morgan fingerprint density at radius 1 is 1.04 bits per heavy atom. The van der Waals surface area contributed by atoms with E-state index in [1.165, 1.54) is 16.7 Å². The van der Waals surface area contributed by atoms with Gasteiger partial charge >= 0.3 is 0 Å². The van der Waals surface area contributed by atoms with Crippen LogP contribution in [0, 0.1) is 5.92 Å². The van der Waals surface area contributed by atoms with Gasteiger partial charge in [0.05, 0.1) is 27.8 Å². The van der Waals surface area contributed by atoms with Gasteiger partial charge in [0.1, 0.15) is 12.6 Å². The van der Waals surface area contributed by atoms with Crippen LogP contribution in [0.5, 0.6) is 11.5 Å². The monoisotopic (exact) mass is 340 g/mol. The van der Waals surface area contributed by atoms with Gasteiger partial charge in [-0.3, -0.25) is 0 Å². The van der Waals surface area contributed by atoms with Crippen LogP contribution in [0.1, 0.15) is 36.6 Å². The van der Waals surface area contributed by atoms with Gasteiger partial charge in [-0.15, -0.1) is 0 Å². The van der Waals surface area contributed by atoms with Gasteiger partial charge < -0.3 is 14.0 Å².